The van der Waals surface area contributed by atoms with Crippen molar-refractivity contribution in [2.75, 3.05) is 7.05 Å². The number of alkyl halides is 3. The summed E-state index contributed by atoms with van der Waals surface area (Å²) in [5.74, 6) is -0.689. The molecule has 0 saturated carbocycles. The zero-order valence-electron chi connectivity index (χ0n) is 19.3. The van der Waals surface area contributed by atoms with Crippen LogP contribution < -0.4 is 10.0 Å². The van der Waals surface area contributed by atoms with E-state index in [0.29, 0.717) is 22.5 Å². The van der Waals surface area contributed by atoms with Crippen molar-refractivity contribution in [1.82, 2.24) is 19.8 Å². The van der Waals surface area contributed by atoms with Crippen LogP contribution in [0.15, 0.2) is 41.3 Å². The lowest BCUT2D eigenvalue weighted by molar-refractivity contribution is -0.138. The molecule has 0 atom stereocenters. The van der Waals surface area contributed by atoms with Gasteiger partial charge in [0.05, 0.1) is 21.8 Å². The maximum absolute atomic E-state index is 13.8. The van der Waals surface area contributed by atoms with Gasteiger partial charge in [-0.25, -0.2) is 17.8 Å². The zero-order valence-corrected chi connectivity index (χ0v) is 20.1. The van der Waals surface area contributed by atoms with Gasteiger partial charge in [-0.3, -0.25) is 4.79 Å². The number of nitrogens with one attached hydrogen (secondary N) is 2. The van der Waals surface area contributed by atoms with Gasteiger partial charge in [-0.15, -0.1) is 0 Å². The van der Waals surface area contributed by atoms with E-state index >= 15 is 0 Å². The van der Waals surface area contributed by atoms with Crippen LogP contribution >= 0.6 is 0 Å². The first kappa shape index (κ1) is 25.4. The van der Waals surface area contributed by atoms with Gasteiger partial charge in [0.2, 0.25) is 10.0 Å². The van der Waals surface area contributed by atoms with E-state index in [2.05, 4.69) is 15.1 Å². The van der Waals surface area contributed by atoms with Crippen LogP contribution in [0.4, 0.5) is 13.2 Å². The molecule has 0 spiro atoms. The highest BCUT2D eigenvalue weighted by Gasteiger charge is 2.34. The number of nitrogens with zero attached hydrogens (tertiary/aromatic N) is 2. The van der Waals surface area contributed by atoms with Gasteiger partial charge < -0.3 is 5.32 Å². The van der Waals surface area contributed by atoms with Gasteiger partial charge in [-0.05, 0) is 81.8 Å². The normalized spacial score (nSPS) is 12.1. The maximum atomic E-state index is 13.8. The molecular weight excluding hydrogens is 469 g/mol. The van der Waals surface area contributed by atoms with Crippen LogP contribution in [-0.2, 0) is 22.7 Å². The van der Waals surface area contributed by atoms with E-state index in [-0.39, 0.29) is 21.7 Å². The Balaban J connectivity index is 1.92. The summed E-state index contributed by atoms with van der Waals surface area (Å²) in [5, 5.41) is 6.69. The average Bonchev–Trinajstić information content (AvgIpc) is 3.10. The fourth-order valence-corrected chi connectivity index (χ4v) is 4.70. The molecule has 1 amide bonds. The van der Waals surface area contributed by atoms with Crippen LogP contribution in [0.5, 0.6) is 0 Å². The number of hydrogen-bond donors (Lipinski definition) is 2. The Labute approximate surface area is 196 Å². The molecule has 3 aromatic rings. The number of benzene rings is 2. The predicted octanol–water partition coefficient (Wildman–Crippen LogP) is 3.96. The van der Waals surface area contributed by atoms with Gasteiger partial charge >= 0.3 is 6.18 Å². The molecule has 182 valence electrons. The van der Waals surface area contributed by atoms with Crippen molar-refractivity contribution in [2.24, 2.45) is 0 Å². The first-order valence-electron chi connectivity index (χ1n) is 10.3. The van der Waals surface area contributed by atoms with Crippen molar-refractivity contribution in [2.45, 2.75) is 45.3 Å². The first-order chi connectivity index (χ1) is 15.7. The SMILES string of the molecule is CNS(=O)(=O)c1cc(C(=O)NCc2ccc(-n3nc(C)cc3C)cc2C(F)(F)F)cc(C)c1C. The summed E-state index contributed by atoms with van der Waals surface area (Å²) in [5.41, 5.74) is 1.67. The van der Waals surface area contributed by atoms with Crippen LogP contribution in [0.3, 0.4) is 0 Å². The molecule has 0 saturated heterocycles. The van der Waals surface area contributed by atoms with E-state index in [1.54, 1.807) is 33.8 Å². The molecule has 0 unspecified atom stereocenters. The number of rotatable bonds is 6. The molecule has 0 aliphatic carbocycles. The van der Waals surface area contributed by atoms with Gasteiger partial charge in [0.25, 0.3) is 5.91 Å². The Morgan fingerprint density at radius 1 is 1.06 bits per heavy atom. The molecule has 1 heterocycles. The van der Waals surface area contributed by atoms with Gasteiger partial charge in [0.15, 0.2) is 0 Å². The molecular formula is C23H25F3N4O3S. The molecule has 0 aliphatic rings. The van der Waals surface area contributed by atoms with E-state index in [4.69, 9.17) is 0 Å². The average molecular weight is 495 g/mol. The molecule has 0 aliphatic heterocycles. The van der Waals surface area contributed by atoms with E-state index in [1.807, 2.05) is 0 Å². The van der Waals surface area contributed by atoms with Crippen molar-refractivity contribution >= 4 is 15.9 Å². The largest absolute Gasteiger partial charge is 0.416 e. The molecule has 2 N–H and O–H groups in total. The first-order valence-corrected chi connectivity index (χ1v) is 11.8. The van der Waals surface area contributed by atoms with Crippen LogP contribution in [-0.4, -0.2) is 31.2 Å². The zero-order chi connectivity index (χ0) is 25.4. The number of carbonyl (C=O) groups is 1. The highest BCUT2D eigenvalue weighted by Crippen LogP contribution is 2.34. The summed E-state index contributed by atoms with van der Waals surface area (Å²) in [6.07, 6.45) is -4.65. The lowest BCUT2D eigenvalue weighted by Gasteiger charge is -2.16. The van der Waals surface area contributed by atoms with Crippen LogP contribution in [0.25, 0.3) is 5.69 Å². The predicted molar refractivity (Wildman–Crippen MR) is 121 cm³/mol. The molecule has 34 heavy (non-hydrogen) atoms. The second kappa shape index (κ2) is 9.22. The van der Waals surface area contributed by atoms with Crippen LogP contribution in [0.2, 0.25) is 0 Å². The van der Waals surface area contributed by atoms with Crippen molar-refractivity contribution in [3.8, 4) is 5.69 Å². The third-order valence-corrected chi connectivity index (χ3v) is 7.07. The van der Waals surface area contributed by atoms with Crippen molar-refractivity contribution < 1.29 is 26.4 Å². The highest BCUT2D eigenvalue weighted by molar-refractivity contribution is 7.89. The number of halogens is 3. The monoisotopic (exact) mass is 494 g/mol. The van der Waals surface area contributed by atoms with Gasteiger partial charge in [-0.2, -0.15) is 18.3 Å². The Morgan fingerprint density at radius 3 is 2.29 bits per heavy atom. The number of aryl methyl sites for hydroxylation is 3. The number of hydrogen-bond acceptors (Lipinski definition) is 4. The van der Waals surface area contributed by atoms with Gasteiger partial charge in [0, 0.05) is 17.8 Å². The minimum absolute atomic E-state index is 0.0322. The molecule has 0 bridgehead atoms. The highest BCUT2D eigenvalue weighted by atomic mass is 32.2. The fraction of sp³-hybridized carbons (Fsp3) is 0.304. The number of amides is 1. The molecule has 7 nitrogen and oxygen atoms in total. The molecule has 2 aromatic carbocycles. The quantitative estimate of drug-likeness (QED) is 0.543. The molecule has 0 fully saturated rings. The summed E-state index contributed by atoms with van der Waals surface area (Å²) in [6.45, 7) is 6.36. The third kappa shape index (κ3) is 5.15. The summed E-state index contributed by atoms with van der Waals surface area (Å²) in [4.78, 5) is 12.7. The summed E-state index contributed by atoms with van der Waals surface area (Å²) in [7, 11) is -2.57. The Morgan fingerprint density at radius 2 is 1.74 bits per heavy atom. The van der Waals surface area contributed by atoms with Crippen molar-refractivity contribution in [3.63, 3.8) is 0 Å². The second-order valence-electron chi connectivity index (χ2n) is 7.98. The topological polar surface area (TPSA) is 93.1 Å². The fourth-order valence-electron chi connectivity index (χ4n) is 3.63. The van der Waals surface area contributed by atoms with Crippen LogP contribution in [0.1, 0.15) is 44.0 Å². The smallest absolute Gasteiger partial charge is 0.348 e. The minimum Gasteiger partial charge on any atom is -0.348 e. The Kier molecular flexibility index (Phi) is 6.90. The minimum atomic E-state index is -4.65. The maximum Gasteiger partial charge on any atom is 0.416 e. The molecule has 1 aromatic heterocycles. The Hall–Kier alpha value is -3.18. The number of sulfonamides is 1. The lowest BCUT2D eigenvalue weighted by Crippen LogP contribution is -2.26. The van der Waals surface area contributed by atoms with Crippen LogP contribution in [0, 0.1) is 27.7 Å². The number of aromatic nitrogens is 2. The van der Waals surface area contributed by atoms with E-state index in [9.17, 15) is 26.4 Å². The Bertz CT molecular complexity index is 1360. The standard InChI is InChI=1S/C23H25F3N4O3S/c1-13-8-18(10-21(16(13)4)34(32,33)27-5)22(31)28-12-17-6-7-19(11-20(17)23(24,25)26)30-15(3)9-14(2)29-30/h6-11,27H,12H2,1-5H3,(H,28,31). The molecule has 3 rings (SSSR count). The lowest BCUT2D eigenvalue weighted by atomic mass is 10.0. The molecule has 0 radical (unpaired) electrons. The van der Waals surface area contributed by atoms with E-state index < -0.39 is 34.2 Å². The summed E-state index contributed by atoms with van der Waals surface area (Å²) < 4.78 is 69.6. The number of carbonyl (C=O) groups excluding carboxylic acids is 1. The van der Waals surface area contributed by atoms with Gasteiger partial charge in [0.1, 0.15) is 0 Å². The van der Waals surface area contributed by atoms with Crippen molar-refractivity contribution in [1.29, 1.82) is 0 Å². The molecule has 11 heteroatoms. The summed E-state index contributed by atoms with van der Waals surface area (Å²) >= 11 is 0. The second-order valence-corrected chi connectivity index (χ2v) is 9.84. The van der Waals surface area contributed by atoms with E-state index in [0.717, 1.165) is 6.07 Å². The summed E-state index contributed by atoms with van der Waals surface area (Å²) in [6, 6.07) is 8.26. The third-order valence-electron chi connectivity index (χ3n) is 5.53. The van der Waals surface area contributed by atoms with Gasteiger partial charge in [-0.1, -0.05) is 6.07 Å². The van der Waals surface area contributed by atoms with E-state index in [1.165, 1.54) is 36.0 Å². The van der Waals surface area contributed by atoms with Crippen molar-refractivity contribution in [3.05, 3.63) is 75.6 Å².